The van der Waals surface area contributed by atoms with Gasteiger partial charge in [-0.05, 0) is 24.6 Å². The Morgan fingerprint density at radius 3 is 2.72 bits per heavy atom. The third-order valence-electron chi connectivity index (χ3n) is 3.14. The Kier molecular flexibility index (Phi) is 3.96. The smallest absolute Gasteiger partial charge is 0.154 e. The van der Waals surface area contributed by atoms with Crippen molar-refractivity contribution in [3.8, 4) is 0 Å². The van der Waals surface area contributed by atoms with E-state index in [1.54, 1.807) is 6.07 Å². The van der Waals surface area contributed by atoms with Gasteiger partial charge in [-0.25, -0.2) is 8.42 Å². The fraction of sp³-hybridized carbons (Fsp3) is 0.500. The molecule has 1 aliphatic heterocycles. The molecule has 2 unspecified atom stereocenters. The average molecular weight is 290 g/mol. The first-order valence-electron chi connectivity index (χ1n) is 5.77. The summed E-state index contributed by atoms with van der Waals surface area (Å²) >= 11 is 5.91. The lowest BCUT2D eigenvalue weighted by molar-refractivity contribution is 0.160. The summed E-state index contributed by atoms with van der Waals surface area (Å²) in [4.78, 5) is 0. The Bertz CT molecular complexity index is 532. The van der Waals surface area contributed by atoms with Crippen molar-refractivity contribution >= 4 is 21.4 Å². The van der Waals surface area contributed by atoms with E-state index in [4.69, 9.17) is 11.6 Å². The van der Waals surface area contributed by atoms with Gasteiger partial charge in [0.25, 0.3) is 0 Å². The first-order chi connectivity index (χ1) is 8.37. The minimum atomic E-state index is -3.12. The normalized spacial score (nSPS) is 28.2. The van der Waals surface area contributed by atoms with E-state index in [0.717, 1.165) is 5.56 Å². The van der Waals surface area contributed by atoms with Gasteiger partial charge in [-0.15, -0.1) is 0 Å². The number of halogens is 1. The SMILES string of the molecule is C[C@@H](NC1CS(=O)(=O)CC1O)c1cccc(Cl)c1. The second-order valence-electron chi connectivity index (χ2n) is 4.69. The third kappa shape index (κ3) is 3.23. The standard InChI is InChI=1S/C12H16ClNO3S/c1-8(9-3-2-4-10(13)5-9)14-11-6-18(16,17)7-12(11)15/h2-5,8,11-12,14-15H,6-7H2,1H3/t8-,11?,12?/m1/s1. The van der Waals surface area contributed by atoms with Crippen LogP contribution in [0.2, 0.25) is 5.02 Å². The zero-order valence-electron chi connectivity index (χ0n) is 10.0. The highest BCUT2D eigenvalue weighted by atomic mass is 35.5. The van der Waals surface area contributed by atoms with Crippen molar-refractivity contribution < 1.29 is 13.5 Å². The summed E-state index contributed by atoms with van der Waals surface area (Å²) in [6.07, 6.45) is -0.836. The highest BCUT2D eigenvalue weighted by Gasteiger charge is 2.36. The van der Waals surface area contributed by atoms with E-state index in [0.29, 0.717) is 5.02 Å². The number of aliphatic hydroxyl groups excluding tert-OH is 1. The quantitative estimate of drug-likeness (QED) is 0.876. The van der Waals surface area contributed by atoms with Gasteiger partial charge in [-0.1, -0.05) is 23.7 Å². The van der Waals surface area contributed by atoms with E-state index in [9.17, 15) is 13.5 Å². The lowest BCUT2D eigenvalue weighted by Crippen LogP contribution is -2.40. The van der Waals surface area contributed by atoms with Gasteiger partial charge in [-0.3, -0.25) is 0 Å². The Hall–Kier alpha value is -0.620. The fourth-order valence-electron chi connectivity index (χ4n) is 2.18. The fourth-order valence-corrected chi connectivity index (χ4v) is 4.13. The van der Waals surface area contributed by atoms with Crippen LogP contribution < -0.4 is 5.32 Å². The van der Waals surface area contributed by atoms with Crippen LogP contribution in [0.4, 0.5) is 0 Å². The molecule has 1 saturated heterocycles. The number of aliphatic hydroxyl groups is 1. The molecule has 0 bridgehead atoms. The molecular formula is C12H16ClNO3S. The number of hydrogen-bond donors (Lipinski definition) is 2. The summed E-state index contributed by atoms with van der Waals surface area (Å²) in [5.74, 6) is -0.175. The molecule has 1 aromatic carbocycles. The second-order valence-corrected chi connectivity index (χ2v) is 7.28. The van der Waals surface area contributed by atoms with Gasteiger partial charge >= 0.3 is 0 Å². The molecule has 0 aromatic heterocycles. The Balaban J connectivity index is 2.06. The first kappa shape index (κ1) is 13.8. The predicted molar refractivity (Wildman–Crippen MR) is 71.5 cm³/mol. The van der Waals surface area contributed by atoms with Crippen molar-refractivity contribution in [2.24, 2.45) is 0 Å². The zero-order chi connectivity index (χ0) is 13.3. The molecule has 0 saturated carbocycles. The van der Waals surface area contributed by atoms with E-state index in [2.05, 4.69) is 5.32 Å². The molecule has 2 rings (SSSR count). The number of sulfone groups is 1. The number of benzene rings is 1. The van der Waals surface area contributed by atoms with E-state index < -0.39 is 22.0 Å². The molecule has 100 valence electrons. The molecule has 0 aliphatic carbocycles. The monoisotopic (exact) mass is 289 g/mol. The van der Waals surface area contributed by atoms with Crippen LogP contribution >= 0.6 is 11.6 Å². The van der Waals surface area contributed by atoms with Crippen LogP contribution in [0.5, 0.6) is 0 Å². The van der Waals surface area contributed by atoms with Gasteiger partial charge < -0.3 is 10.4 Å². The number of nitrogens with one attached hydrogen (secondary N) is 1. The van der Waals surface area contributed by atoms with Gasteiger partial charge in [0.15, 0.2) is 9.84 Å². The molecule has 4 nitrogen and oxygen atoms in total. The van der Waals surface area contributed by atoms with Gasteiger partial charge in [0.05, 0.1) is 17.6 Å². The van der Waals surface area contributed by atoms with Gasteiger partial charge in [0.2, 0.25) is 0 Å². The molecule has 0 amide bonds. The van der Waals surface area contributed by atoms with Crippen molar-refractivity contribution in [2.45, 2.75) is 25.1 Å². The van der Waals surface area contributed by atoms with Crippen LogP contribution in [-0.4, -0.2) is 37.2 Å². The highest BCUT2D eigenvalue weighted by Crippen LogP contribution is 2.20. The minimum absolute atomic E-state index is 0.0148. The molecule has 1 aliphatic rings. The molecule has 1 aromatic rings. The highest BCUT2D eigenvalue weighted by molar-refractivity contribution is 7.91. The van der Waals surface area contributed by atoms with Crippen LogP contribution in [-0.2, 0) is 9.84 Å². The maximum atomic E-state index is 11.4. The molecular weight excluding hydrogens is 274 g/mol. The summed E-state index contributed by atoms with van der Waals surface area (Å²) in [6.45, 7) is 1.92. The van der Waals surface area contributed by atoms with Crippen LogP contribution in [0.25, 0.3) is 0 Å². The van der Waals surface area contributed by atoms with E-state index >= 15 is 0 Å². The van der Waals surface area contributed by atoms with E-state index in [1.807, 2.05) is 25.1 Å². The van der Waals surface area contributed by atoms with Gasteiger partial charge in [0, 0.05) is 17.1 Å². The molecule has 0 spiro atoms. The number of hydrogen-bond acceptors (Lipinski definition) is 4. The van der Waals surface area contributed by atoms with Crippen molar-refractivity contribution in [3.63, 3.8) is 0 Å². The first-order valence-corrected chi connectivity index (χ1v) is 7.97. The molecule has 1 fully saturated rings. The summed E-state index contributed by atoms with van der Waals surface area (Å²) in [6, 6.07) is 6.90. The molecule has 3 atom stereocenters. The molecule has 2 N–H and O–H groups in total. The molecule has 18 heavy (non-hydrogen) atoms. The van der Waals surface area contributed by atoms with E-state index in [-0.39, 0.29) is 17.5 Å². The molecule has 0 radical (unpaired) electrons. The maximum absolute atomic E-state index is 11.4. The second kappa shape index (κ2) is 5.17. The largest absolute Gasteiger partial charge is 0.390 e. The Morgan fingerprint density at radius 2 is 2.17 bits per heavy atom. The summed E-state index contributed by atoms with van der Waals surface area (Å²) in [5.41, 5.74) is 0.971. The van der Waals surface area contributed by atoms with Gasteiger partial charge in [-0.2, -0.15) is 0 Å². The predicted octanol–water partition coefficient (Wildman–Crippen LogP) is 1.15. The van der Waals surface area contributed by atoms with Crippen molar-refractivity contribution in [1.82, 2.24) is 5.32 Å². The van der Waals surface area contributed by atoms with Crippen molar-refractivity contribution in [2.75, 3.05) is 11.5 Å². The number of rotatable bonds is 3. The van der Waals surface area contributed by atoms with Gasteiger partial charge in [0.1, 0.15) is 0 Å². The van der Waals surface area contributed by atoms with Crippen LogP contribution in [0, 0.1) is 0 Å². The van der Waals surface area contributed by atoms with Crippen LogP contribution in [0.15, 0.2) is 24.3 Å². The lowest BCUT2D eigenvalue weighted by atomic mass is 10.1. The Morgan fingerprint density at radius 1 is 1.44 bits per heavy atom. The van der Waals surface area contributed by atoms with Crippen LogP contribution in [0.3, 0.4) is 0 Å². The topological polar surface area (TPSA) is 66.4 Å². The maximum Gasteiger partial charge on any atom is 0.154 e. The van der Waals surface area contributed by atoms with Crippen molar-refractivity contribution in [1.29, 1.82) is 0 Å². The molecule has 1 heterocycles. The molecule has 6 heteroatoms. The van der Waals surface area contributed by atoms with Crippen molar-refractivity contribution in [3.05, 3.63) is 34.9 Å². The summed E-state index contributed by atoms with van der Waals surface area (Å²) in [5, 5.41) is 13.5. The van der Waals surface area contributed by atoms with Crippen LogP contribution in [0.1, 0.15) is 18.5 Å². The van der Waals surface area contributed by atoms with E-state index in [1.165, 1.54) is 0 Å². The zero-order valence-corrected chi connectivity index (χ0v) is 11.6. The average Bonchev–Trinajstić information content (AvgIpc) is 2.51. The summed E-state index contributed by atoms with van der Waals surface area (Å²) < 4.78 is 22.8. The Labute approximate surface area is 112 Å². The lowest BCUT2D eigenvalue weighted by Gasteiger charge is -2.21. The minimum Gasteiger partial charge on any atom is -0.390 e. The third-order valence-corrected chi connectivity index (χ3v) is 5.09. The summed E-state index contributed by atoms with van der Waals surface area (Å²) in [7, 11) is -3.12.